The number of pyridine rings is 1. The van der Waals surface area contributed by atoms with Crippen LogP contribution >= 0.6 is 0 Å². The number of nitrogens with zero attached hydrogens (tertiary/aromatic N) is 2. The van der Waals surface area contributed by atoms with E-state index in [2.05, 4.69) is 10.3 Å². The molecule has 0 spiro atoms. The molecule has 110 valence electrons. The van der Waals surface area contributed by atoms with Crippen molar-refractivity contribution in [3.63, 3.8) is 0 Å². The molecule has 2 heterocycles. The van der Waals surface area contributed by atoms with Crippen molar-refractivity contribution in [3.05, 3.63) is 35.7 Å². The summed E-state index contributed by atoms with van der Waals surface area (Å²) in [6.07, 6.45) is 5.71. The lowest BCUT2D eigenvalue weighted by Crippen LogP contribution is -2.40. The van der Waals surface area contributed by atoms with Gasteiger partial charge >= 0.3 is 5.97 Å². The van der Waals surface area contributed by atoms with Crippen molar-refractivity contribution in [3.8, 4) is 0 Å². The van der Waals surface area contributed by atoms with Crippen molar-refractivity contribution in [2.75, 3.05) is 13.6 Å². The number of amides is 2. The van der Waals surface area contributed by atoms with Crippen LogP contribution in [0.15, 0.2) is 24.5 Å². The second-order valence-electron chi connectivity index (χ2n) is 4.75. The number of likely N-dealkylation sites (tertiary alicyclic amines) is 1. The number of carbonyl (C=O) groups excluding carboxylic acids is 2. The summed E-state index contributed by atoms with van der Waals surface area (Å²) in [4.78, 5) is 39.7. The maximum atomic E-state index is 12.1. The molecule has 21 heavy (non-hydrogen) atoms. The van der Waals surface area contributed by atoms with Gasteiger partial charge in [0.25, 0.3) is 5.91 Å². The minimum Gasteiger partial charge on any atom is -0.478 e. The average molecular weight is 289 g/mol. The van der Waals surface area contributed by atoms with Gasteiger partial charge in [0.05, 0.1) is 5.56 Å². The number of aromatic nitrogens is 1. The fourth-order valence-corrected chi connectivity index (χ4v) is 2.04. The predicted octanol–water partition coefficient (Wildman–Crippen LogP) is 0.140. The first-order valence-electron chi connectivity index (χ1n) is 6.39. The topological polar surface area (TPSA) is 99.6 Å². The highest BCUT2D eigenvalue weighted by Gasteiger charge is 2.30. The fraction of sp³-hybridized carbons (Fsp3) is 0.286. The molecule has 1 unspecified atom stereocenters. The first-order chi connectivity index (χ1) is 9.97. The molecule has 1 aromatic heterocycles. The van der Waals surface area contributed by atoms with Crippen LogP contribution in [-0.4, -0.2) is 52.4 Å². The number of hydrogen-bond acceptors (Lipinski definition) is 4. The van der Waals surface area contributed by atoms with Gasteiger partial charge in [-0.25, -0.2) is 4.79 Å². The Balaban J connectivity index is 2.07. The number of aliphatic carboxylic acids is 1. The molecule has 2 amide bonds. The smallest absolute Gasteiger partial charge is 0.328 e. The molecule has 1 aliphatic heterocycles. The fourth-order valence-electron chi connectivity index (χ4n) is 2.04. The first kappa shape index (κ1) is 14.7. The zero-order chi connectivity index (χ0) is 15.4. The van der Waals surface area contributed by atoms with Crippen LogP contribution in [0.25, 0.3) is 6.08 Å². The second-order valence-corrected chi connectivity index (χ2v) is 4.75. The third-order valence-electron chi connectivity index (χ3n) is 3.17. The van der Waals surface area contributed by atoms with E-state index in [4.69, 9.17) is 5.11 Å². The van der Waals surface area contributed by atoms with E-state index in [1.807, 2.05) is 0 Å². The van der Waals surface area contributed by atoms with Crippen molar-refractivity contribution in [1.29, 1.82) is 0 Å². The lowest BCUT2D eigenvalue weighted by molar-refractivity contribution is -0.131. The normalized spacial score (nSPS) is 18.2. The number of carboxylic acids is 1. The summed E-state index contributed by atoms with van der Waals surface area (Å²) in [7, 11) is 1.69. The van der Waals surface area contributed by atoms with E-state index in [-0.39, 0.29) is 11.5 Å². The van der Waals surface area contributed by atoms with Gasteiger partial charge in [-0.15, -0.1) is 0 Å². The minimum absolute atomic E-state index is 0.113. The lowest BCUT2D eigenvalue weighted by atomic mass is 10.1. The summed E-state index contributed by atoms with van der Waals surface area (Å²) < 4.78 is 0. The van der Waals surface area contributed by atoms with Crippen LogP contribution in [-0.2, 0) is 9.59 Å². The van der Waals surface area contributed by atoms with Crippen LogP contribution in [0, 0.1) is 0 Å². The summed E-state index contributed by atoms with van der Waals surface area (Å²) in [5.74, 6) is -1.59. The van der Waals surface area contributed by atoms with Crippen LogP contribution in [0.5, 0.6) is 0 Å². The van der Waals surface area contributed by atoms with E-state index < -0.39 is 17.9 Å². The van der Waals surface area contributed by atoms with Gasteiger partial charge in [-0.2, -0.15) is 0 Å². The summed E-state index contributed by atoms with van der Waals surface area (Å²) in [6, 6.07) is 1.01. The molecule has 0 aliphatic carbocycles. The Bertz CT molecular complexity index is 612. The Morgan fingerprint density at radius 1 is 1.48 bits per heavy atom. The van der Waals surface area contributed by atoms with E-state index in [0.29, 0.717) is 18.5 Å². The number of carbonyl (C=O) groups is 3. The third-order valence-corrected chi connectivity index (χ3v) is 3.17. The standard InChI is InChI=1S/C14H15N3O4/c1-17-5-4-11(14(17)21)16-13(20)10-6-9(7-15-8-10)2-3-12(18)19/h2-3,6-8,11H,4-5H2,1H3,(H,16,20)(H,18,19)/b3-2+. The number of rotatable bonds is 4. The average Bonchev–Trinajstić information content (AvgIpc) is 2.77. The number of hydrogen-bond donors (Lipinski definition) is 2. The zero-order valence-electron chi connectivity index (χ0n) is 11.4. The van der Waals surface area contributed by atoms with Gasteiger partial charge in [-0.05, 0) is 24.1 Å². The van der Waals surface area contributed by atoms with Gasteiger partial charge < -0.3 is 15.3 Å². The van der Waals surface area contributed by atoms with Gasteiger partial charge in [-0.1, -0.05) is 0 Å². The summed E-state index contributed by atoms with van der Waals surface area (Å²) in [5.41, 5.74) is 0.782. The van der Waals surface area contributed by atoms with E-state index >= 15 is 0 Å². The molecule has 0 aromatic carbocycles. The second kappa shape index (κ2) is 6.17. The Labute approximate surface area is 121 Å². The monoisotopic (exact) mass is 289 g/mol. The van der Waals surface area contributed by atoms with Gasteiger partial charge in [0.1, 0.15) is 6.04 Å². The maximum Gasteiger partial charge on any atom is 0.328 e. The maximum absolute atomic E-state index is 12.1. The van der Waals surface area contributed by atoms with Crippen molar-refractivity contribution in [1.82, 2.24) is 15.2 Å². The van der Waals surface area contributed by atoms with Crippen molar-refractivity contribution < 1.29 is 19.5 Å². The molecule has 1 aliphatic rings. The number of carboxylic acid groups (broad SMARTS) is 1. The zero-order valence-corrected chi connectivity index (χ0v) is 11.4. The highest BCUT2D eigenvalue weighted by molar-refractivity contribution is 5.98. The Kier molecular flexibility index (Phi) is 4.32. The minimum atomic E-state index is -1.08. The van der Waals surface area contributed by atoms with Gasteiger partial charge in [0, 0.05) is 32.1 Å². The molecule has 0 bridgehead atoms. The van der Waals surface area contributed by atoms with Crippen LogP contribution in [0.2, 0.25) is 0 Å². The Morgan fingerprint density at radius 2 is 2.24 bits per heavy atom. The third kappa shape index (κ3) is 3.65. The quantitative estimate of drug-likeness (QED) is 0.768. The molecular formula is C14H15N3O4. The van der Waals surface area contributed by atoms with Crippen molar-refractivity contribution in [2.24, 2.45) is 0 Å². The molecule has 0 saturated carbocycles. The molecule has 0 radical (unpaired) electrons. The van der Waals surface area contributed by atoms with Gasteiger partial charge in [0.2, 0.25) is 5.91 Å². The molecule has 1 fully saturated rings. The van der Waals surface area contributed by atoms with Crippen LogP contribution in [0.4, 0.5) is 0 Å². The van der Waals surface area contributed by atoms with E-state index in [9.17, 15) is 14.4 Å². The summed E-state index contributed by atoms with van der Waals surface area (Å²) >= 11 is 0. The van der Waals surface area contributed by atoms with Crippen LogP contribution in [0.3, 0.4) is 0 Å². The molecule has 1 atom stereocenters. The van der Waals surface area contributed by atoms with E-state index in [1.54, 1.807) is 11.9 Å². The summed E-state index contributed by atoms with van der Waals surface area (Å²) in [5, 5.41) is 11.2. The van der Waals surface area contributed by atoms with E-state index in [0.717, 1.165) is 6.08 Å². The SMILES string of the molecule is CN1CCC(NC(=O)c2cncc(/C=C/C(=O)O)c2)C1=O. The van der Waals surface area contributed by atoms with Crippen molar-refractivity contribution >= 4 is 23.9 Å². The highest BCUT2D eigenvalue weighted by Crippen LogP contribution is 2.10. The predicted molar refractivity (Wildman–Crippen MR) is 74.4 cm³/mol. The van der Waals surface area contributed by atoms with Gasteiger partial charge in [-0.3, -0.25) is 14.6 Å². The molecule has 1 aromatic rings. The molecule has 7 nitrogen and oxygen atoms in total. The van der Waals surface area contributed by atoms with Crippen LogP contribution < -0.4 is 5.32 Å². The lowest BCUT2D eigenvalue weighted by Gasteiger charge is -2.12. The van der Waals surface area contributed by atoms with Gasteiger partial charge in [0.15, 0.2) is 0 Å². The molecule has 7 heteroatoms. The number of nitrogens with one attached hydrogen (secondary N) is 1. The molecular weight excluding hydrogens is 274 g/mol. The highest BCUT2D eigenvalue weighted by atomic mass is 16.4. The Morgan fingerprint density at radius 3 is 2.86 bits per heavy atom. The molecule has 2 N–H and O–H groups in total. The molecule has 1 saturated heterocycles. The largest absolute Gasteiger partial charge is 0.478 e. The Hall–Kier alpha value is -2.70. The number of likely N-dealkylation sites (N-methyl/N-ethyl adjacent to an activating group) is 1. The van der Waals surface area contributed by atoms with E-state index in [1.165, 1.54) is 24.5 Å². The van der Waals surface area contributed by atoms with Crippen molar-refractivity contribution in [2.45, 2.75) is 12.5 Å². The summed E-state index contributed by atoms with van der Waals surface area (Å²) in [6.45, 7) is 0.615. The van der Waals surface area contributed by atoms with Crippen LogP contribution in [0.1, 0.15) is 22.3 Å². The molecule has 2 rings (SSSR count). The first-order valence-corrected chi connectivity index (χ1v) is 6.39.